The number of benzene rings is 1. The van der Waals surface area contributed by atoms with E-state index in [0.29, 0.717) is 11.4 Å². The Labute approximate surface area is 123 Å². The van der Waals surface area contributed by atoms with Gasteiger partial charge >= 0.3 is 6.09 Å². The number of oxazole rings is 1. The third-order valence-corrected chi connectivity index (χ3v) is 2.67. The van der Waals surface area contributed by atoms with E-state index in [0.717, 1.165) is 11.1 Å². The minimum atomic E-state index is -0.532. The van der Waals surface area contributed by atoms with Crippen molar-refractivity contribution in [2.45, 2.75) is 33.3 Å². The van der Waals surface area contributed by atoms with Crippen LogP contribution in [-0.4, -0.2) is 16.7 Å². The normalized spacial score (nSPS) is 11.2. The molecule has 2 aromatic rings. The molecule has 0 unspecified atom stereocenters. The number of carbonyl (C=O) groups is 1. The van der Waals surface area contributed by atoms with Gasteiger partial charge in [-0.1, -0.05) is 0 Å². The van der Waals surface area contributed by atoms with Gasteiger partial charge in [0.15, 0.2) is 5.76 Å². The molecule has 1 heterocycles. The average molecular weight is 289 g/mol. The van der Waals surface area contributed by atoms with E-state index >= 15 is 0 Å². The molecule has 112 valence electrons. The molecule has 3 N–H and O–H groups in total. The lowest BCUT2D eigenvalue weighted by molar-refractivity contribution is 0.0636. The van der Waals surface area contributed by atoms with E-state index in [1.807, 2.05) is 39.8 Å². The standard InChI is InChI=1S/C15H19N3O3/c1-9-7-10(12-8-17-13(16)20-12)5-6-11(9)18-14(19)21-15(2,3)4/h5-8H,1-4H3,(H2,16,17)(H,18,19). The Morgan fingerprint density at radius 2 is 2.10 bits per heavy atom. The molecule has 6 nitrogen and oxygen atoms in total. The van der Waals surface area contributed by atoms with Crippen LogP contribution in [0.1, 0.15) is 26.3 Å². The number of hydrogen-bond acceptors (Lipinski definition) is 5. The van der Waals surface area contributed by atoms with Gasteiger partial charge in [0.2, 0.25) is 0 Å². The fourth-order valence-electron chi connectivity index (χ4n) is 1.79. The predicted octanol–water partition coefficient (Wildman–Crippen LogP) is 3.58. The van der Waals surface area contributed by atoms with Crippen molar-refractivity contribution in [3.63, 3.8) is 0 Å². The van der Waals surface area contributed by atoms with Gasteiger partial charge in [-0.3, -0.25) is 5.32 Å². The Morgan fingerprint density at radius 3 is 2.62 bits per heavy atom. The van der Waals surface area contributed by atoms with Crippen LogP contribution in [0.25, 0.3) is 11.3 Å². The lowest BCUT2D eigenvalue weighted by atomic mass is 10.1. The number of hydrogen-bond donors (Lipinski definition) is 2. The molecule has 0 radical (unpaired) electrons. The molecule has 0 aliphatic heterocycles. The summed E-state index contributed by atoms with van der Waals surface area (Å²) in [6.45, 7) is 7.33. The first kappa shape index (κ1) is 14.9. The van der Waals surface area contributed by atoms with Gasteiger partial charge in [0, 0.05) is 11.3 Å². The summed E-state index contributed by atoms with van der Waals surface area (Å²) in [5, 5.41) is 2.72. The van der Waals surface area contributed by atoms with Crippen LogP contribution in [0, 0.1) is 6.92 Å². The largest absolute Gasteiger partial charge is 0.444 e. The van der Waals surface area contributed by atoms with Gasteiger partial charge in [0.25, 0.3) is 6.01 Å². The molecule has 0 spiro atoms. The third kappa shape index (κ3) is 3.98. The van der Waals surface area contributed by atoms with Crippen LogP contribution in [-0.2, 0) is 4.74 Å². The van der Waals surface area contributed by atoms with Gasteiger partial charge in [0.05, 0.1) is 6.20 Å². The monoisotopic (exact) mass is 289 g/mol. The molecule has 0 aliphatic carbocycles. The number of nitrogen functional groups attached to an aromatic ring is 1. The zero-order chi connectivity index (χ0) is 15.6. The van der Waals surface area contributed by atoms with Gasteiger partial charge in [-0.05, 0) is 51.5 Å². The van der Waals surface area contributed by atoms with Crippen molar-refractivity contribution in [1.82, 2.24) is 4.98 Å². The van der Waals surface area contributed by atoms with Crippen molar-refractivity contribution in [1.29, 1.82) is 0 Å². The van der Waals surface area contributed by atoms with Crippen molar-refractivity contribution in [3.05, 3.63) is 30.0 Å². The molecule has 0 aliphatic rings. The summed E-state index contributed by atoms with van der Waals surface area (Å²) in [6, 6.07) is 5.61. The molecular weight excluding hydrogens is 270 g/mol. The van der Waals surface area contributed by atoms with Gasteiger partial charge in [-0.15, -0.1) is 0 Å². The maximum atomic E-state index is 11.8. The summed E-state index contributed by atoms with van der Waals surface area (Å²) < 4.78 is 10.5. The van der Waals surface area contributed by atoms with Crippen molar-refractivity contribution in [2.24, 2.45) is 0 Å². The molecule has 0 saturated heterocycles. The molecule has 0 bridgehead atoms. The number of aromatic nitrogens is 1. The first-order chi connectivity index (χ1) is 9.74. The van der Waals surface area contributed by atoms with Crippen molar-refractivity contribution >= 4 is 17.8 Å². The van der Waals surface area contributed by atoms with Crippen LogP contribution in [0.3, 0.4) is 0 Å². The summed E-state index contributed by atoms with van der Waals surface area (Å²) in [5.74, 6) is 0.583. The molecule has 0 saturated carbocycles. The van der Waals surface area contributed by atoms with Gasteiger partial charge in [0.1, 0.15) is 5.60 Å². The second kappa shape index (κ2) is 5.47. The third-order valence-electron chi connectivity index (χ3n) is 2.67. The maximum absolute atomic E-state index is 11.8. The van der Waals surface area contributed by atoms with E-state index in [1.54, 1.807) is 12.3 Å². The lowest BCUT2D eigenvalue weighted by Crippen LogP contribution is -2.27. The minimum Gasteiger partial charge on any atom is -0.444 e. The summed E-state index contributed by atoms with van der Waals surface area (Å²) in [7, 11) is 0. The molecule has 0 atom stereocenters. The molecule has 1 aromatic carbocycles. The highest BCUT2D eigenvalue weighted by atomic mass is 16.6. The second-order valence-electron chi connectivity index (χ2n) is 5.72. The predicted molar refractivity (Wildman–Crippen MR) is 80.9 cm³/mol. The molecule has 1 amide bonds. The Kier molecular flexibility index (Phi) is 3.88. The lowest BCUT2D eigenvalue weighted by Gasteiger charge is -2.20. The van der Waals surface area contributed by atoms with Crippen LogP contribution >= 0.6 is 0 Å². The smallest absolute Gasteiger partial charge is 0.412 e. The van der Waals surface area contributed by atoms with E-state index < -0.39 is 11.7 Å². The Balaban J connectivity index is 2.15. The Hall–Kier alpha value is -2.50. The summed E-state index contributed by atoms with van der Waals surface area (Å²) in [5.41, 5.74) is 7.33. The number of carbonyl (C=O) groups excluding carboxylic acids is 1. The van der Waals surface area contributed by atoms with E-state index in [9.17, 15) is 4.79 Å². The highest BCUT2D eigenvalue weighted by molar-refractivity contribution is 5.86. The number of amides is 1. The highest BCUT2D eigenvalue weighted by Crippen LogP contribution is 2.26. The first-order valence-corrected chi connectivity index (χ1v) is 6.57. The average Bonchev–Trinajstić information content (AvgIpc) is 2.76. The summed E-state index contributed by atoms with van der Waals surface area (Å²) >= 11 is 0. The topological polar surface area (TPSA) is 90.4 Å². The van der Waals surface area contributed by atoms with Crippen molar-refractivity contribution in [2.75, 3.05) is 11.1 Å². The molecule has 2 rings (SSSR count). The number of nitrogens with two attached hydrogens (primary N) is 1. The molecular formula is C15H19N3O3. The van der Waals surface area contributed by atoms with Crippen LogP contribution in [0.5, 0.6) is 0 Å². The van der Waals surface area contributed by atoms with Crippen LogP contribution in [0.4, 0.5) is 16.5 Å². The summed E-state index contributed by atoms with van der Waals surface area (Å²) in [4.78, 5) is 15.6. The first-order valence-electron chi connectivity index (χ1n) is 6.57. The number of nitrogens with zero attached hydrogens (tertiary/aromatic N) is 1. The number of nitrogens with one attached hydrogen (secondary N) is 1. The molecule has 1 aromatic heterocycles. The van der Waals surface area contributed by atoms with E-state index in [-0.39, 0.29) is 6.01 Å². The summed E-state index contributed by atoms with van der Waals surface area (Å²) in [6.07, 6.45) is 1.08. The fourth-order valence-corrected chi connectivity index (χ4v) is 1.79. The fraction of sp³-hybridized carbons (Fsp3) is 0.333. The maximum Gasteiger partial charge on any atom is 0.412 e. The quantitative estimate of drug-likeness (QED) is 0.881. The molecule has 21 heavy (non-hydrogen) atoms. The van der Waals surface area contributed by atoms with Crippen LogP contribution < -0.4 is 11.1 Å². The van der Waals surface area contributed by atoms with Gasteiger partial charge in [-0.2, -0.15) is 0 Å². The number of aryl methyl sites for hydroxylation is 1. The van der Waals surface area contributed by atoms with Crippen LogP contribution in [0.2, 0.25) is 0 Å². The zero-order valence-electron chi connectivity index (χ0n) is 12.6. The zero-order valence-corrected chi connectivity index (χ0v) is 12.6. The number of ether oxygens (including phenoxy) is 1. The molecule has 0 fully saturated rings. The minimum absolute atomic E-state index is 0.124. The van der Waals surface area contributed by atoms with Gasteiger partial charge < -0.3 is 14.9 Å². The second-order valence-corrected chi connectivity index (χ2v) is 5.72. The van der Waals surface area contributed by atoms with Crippen molar-refractivity contribution < 1.29 is 13.9 Å². The van der Waals surface area contributed by atoms with Gasteiger partial charge in [-0.25, -0.2) is 9.78 Å². The number of anilines is 2. The van der Waals surface area contributed by atoms with E-state index in [2.05, 4.69) is 10.3 Å². The Bertz CT molecular complexity index is 656. The number of rotatable bonds is 2. The molecule has 6 heteroatoms. The van der Waals surface area contributed by atoms with Crippen LogP contribution in [0.15, 0.2) is 28.8 Å². The van der Waals surface area contributed by atoms with Crippen molar-refractivity contribution in [3.8, 4) is 11.3 Å². The Morgan fingerprint density at radius 1 is 1.38 bits per heavy atom. The van der Waals surface area contributed by atoms with E-state index in [4.69, 9.17) is 14.9 Å². The van der Waals surface area contributed by atoms with E-state index in [1.165, 1.54) is 0 Å². The highest BCUT2D eigenvalue weighted by Gasteiger charge is 2.17. The SMILES string of the molecule is Cc1cc(-c2cnc(N)o2)ccc1NC(=O)OC(C)(C)C.